The van der Waals surface area contributed by atoms with Crippen LogP contribution >= 0.6 is 0 Å². The number of amides is 1. The first-order valence-corrected chi connectivity index (χ1v) is 11.2. The summed E-state index contributed by atoms with van der Waals surface area (Å²) in [5.41, 5.74) is 3.27. The van der Waals surface area contributed by atoms with Gasteiger partial charge in [0.1, 0.15) is 11.6 Å². The number of imidazole rings is 1. The van der Waals surface area contributed by atoms with E-state index in [1.165, 1.54) is 0 Å². The maximum absolute atomic E-state index is 12.8. The van der Waals surface area contributed by atoms with Gasteiger partial charge in [0, 0.05) is 32.0 Å². The van der Waals surface area contributed by atoms with Crippen molar-refractivity contribution < 1.29 is 9.53 Å². The number of hydrogen-bond acceptors (Lipinski definition) is 3. The van der Waals surface area contributed by atoms with E-state index < -0.39 is 0 Å². The maximum atomic E-state index is 12.8. The summed E-state index contributed by atoms with van der Waals surface area (Å²) in [6.07, 6.45) is 1.38. The minimum atomic E-state index is 0.105. The van der Waals surface area contributed by atoms with Gasteiger partial charge in [0.2, 0.25) is 5.91 Å². The number of ether oxygens (including phenoxy) is 1. The minimum absolute atomic E-state index is 0.105. The maximum Gasteiger partial charge on any atom is 0.223 e. The van der Waals surface area contributed by atoms with Crippen molar-refractivity contribution in [1.29, 1.82) is 0 Å². The molecule has 2 heterocycles. The number of carbonyl (C=O) groups excluding carboxylic acids is 1. The van der Waals surface area contributed by atoms with Crippen LogP contribution in [0.2, 0.25) is 0 Å². The van der Waals surface area contributed by atoms with E-state index in [2.05, 4.69) is 22.8 Å². The van der Waals surface area contributed by atoms with Crippen LogP contribution in [0.15, 0.2) is 84.9 Å². The SMILES string of the molecule is O=C1C[C@@H](c2nc3ccccc3n2CCCOc2ccccc2)CN1Cc1ccccc1. The second-order valence-electron chi connectivity index (χ2n) is 8.29. The first kappa shape index (κ1) is 20.3. The van der Waals surface area contributed by atoms with E-state index in [9.17, 15) is 4.79 Å². The molecule has 5 heteroatoms. The van der Waals surface area contributed by atoms with E-state index in [0.717, 1.165) is 41.1 Å². The summed E-state index contributed by atoms with van der Waals surface area (Å²) in [6.45, 7) is 2.81. The molecule has 1 aromatic heterocycles. The second kappa shape index (κ2) is 9.27. The number of aryl methyl sites for hydroxylation is 1. The Kier molecular flexibility index (Phi) is 5.88. The van der Waals surface area contributed by atoms with Gasteiger partial charge >= 0.3 is 0 Å². The van der Waals surface area contributed by atoms with Crippen LogP contribution in [0.5, 0.6) is 5.75 Å². The van der Waals surface area contributed by atoms with Gasteiger partial charge in [0.15, 0.2) is 0 Å². The Morgan fingerprint density at radius 1 is 0.906 bits per heavy atom. The number of aromatic nitrogens is 2. The van der Waals surface area contributed by atoms with Gasteiger partial charge in [-0.25, -0.2) is 4.98 Å². The molecule has 0 N–H and O–H groups in total. The Labute approximate surface area is 188 Å². The van der Waals surface area contributed by atoms with Gasteiger partial charge in [0.05, 0.1) is 17.6 Å². The zero-order valence-electron chi connectivity index (χ0n) is 18.1. The van der Waals surface area contributed by atoms with E-state index in [1.54, 1.807) is 0 Å². The number of para-hydroxylation sites is 3. The zero-order chi connectivity index (χ0) is 21.8. The largest absolute Gasteiger partial charge is 0.494 e. The Bertz CT molecular complexity index is 1190. The second-order valence-corrected chi connectivity index (χ2v) is 8.29. The third-order valence-corrected chi connectivity index (χ3v) is 6.02. The van der Waals surface area contributed by atoms with E-state index in [4.69, 9.17) is 9.72 Å². The van der Waals surface area contributed by atoms with Gasteiger partial charge < -0.3 is 14.2 Å². The lowest BCUT2D eigenvalue weighted by atomic mass is 10.1. The number of rotatable bonds is 8. The Hall–Kier alpha value is -3.60. The van der Waals surface area contributed by atoms with Gasteiger partial charge in [0.25, 0.3) is 0 Å². The predicted molar refractivity (Wildman–Crippen MR) is 126 cm³/mol. The molecule has 1 atom stereocenters. The van der Waals surface area contributed by atoms with Gasteiger partial charge in [-0.2, -0.15) is 0 Å². The molecule has 32 heavy (non-hydrogen) atoms. The molecule has 0 spiro atoms. The average Bonchev–Trinajstić information content (AvgIpc) is 3.38. The highest BCUT2D eigenvalue weighted by Gasteiger charge is 2.33. The van der Waals surface area contributed by atoms with E-state index in [0.29, 0.717) is 26.1 Å². The first-order chi connectivity index (χ1) is 15.8. The molecule has 5 nitrogen and oxygen atoms in total. The molecule has 1 aliphatic rings. The first-order valence-electron chi connectivity index (χ1n) is 11.2. The zero-order valence-corrected chi connectivity index (χ0v) is 18.1. The van der Waals surface area contributed by atoms with Crippen molar-refractivity contribution in [1.82, 2.24) is 14.5 Å². The number of likely N-dealkylation sites (tertiary alicyclic amines) is 1. The van der Waals surface area contributed by atoms with Crippen LogP contribution in [-0.4, -0.2) is 33.5 Å². The van der Waals surface area contributed by atoms with Gasteiger partial charge in [-0.05, 0) is 36.2 Å². The molecular formula is C27H27N3O2. The fourth-order valence-electron chi connectivity index (χ4n) is 4.47. The molecule has 0 saturated carbocycles. The van der Waals surface area contributed by atoms with E-state index in [-0.39, 0.29) is 11.8 Å². The molecule has 5 rings (SSSR count). The molecule has 1 saturated heterocycles. The Morgan fingerprint density at radius 2 is 1.62 bits per heavy atom. The third kappa shape index (κ3) is 4.37. The van der Waals surface area contributed by atoms with Crippen molar-refractivity contribution in [2.45, 2.75) is 31.8 Å². The van der Waals surface area contributed by atoms with Crippen molar-refractivity contribution in [3.63, 3.8) is 0 Å². The fraction of sp³-hybridized carbons (Fsp3) is 0.259. The average molecular weight is 426 g/mol. The molecule has 1 aliphatic heterocycles. The Morgan fingerprint density at radius 3 is 2.44 bits per heavy atom. The van der Waals surface area contributed by atoms with Gasteiger partial charge in [-0.3, -0.25) is 4.79 Å². The van der Waals surface area contributed by atoms with Crippen LogP contribution in [0, 0.1) is 0 Å². The third-order valence-electron chi connectivity index (χ3n) is 6.02. The van der Waals surface area contributed by atoms with Crippen LogP contribution in [0.25, 0.3) is 11.0 Å². The summed E-state index contributed by atoms with van der Waals surface area (Å²) in [4.78, 5) is 19.7. The van der Waals surface area contributed by atoms with E-state index in [1.807, 2.05) is 71.6 Å². The lowest BCUT2D eigenvalue weighted by molar-refractivity contribution is -0.128. The summed E-state index contributed by atoms with van der Waals surface area (Å²) >= 11 is 0. The monoisotopic (exact) mass is 425 g/mol. The minimum Gasteiger partial charge on any atom is -0.494 e. The summed E-state index contributed by atoms with van der Waals surface area (Å²) in [5.74, 6) is 2.20. The smallest absolute Gasteiger partial charge is 0.223 e. The predicted octanol–water partition coefficient (Wildman–Crippen LogP) is 5.02. The molecule has 4 aromatic rings. The number of nitrogens with zero attached hydrogens (tertiary/aromatic N) is 3. The van der Waals surface area contributed by atoms with Crippen LogP contribution in [0.4, 0.5) is 0 Å². The number of fused-ring (bicyclic) bond motifs is 1. The fourth-order valence-corrected chi connectivity index (χ4v) is 4.47. The molecule has 0 unspecified atom stereocenters. The number of benzene rings is 3. The van der Waals surface area contributed by atoms with Crippen molar-refractivity contribution >= 4 is 16.9 Å². The Balaban J connectivity index is 1.31. The molecule has 0 bridgehead atoms. The van der Waals surface area contributed by atoms with Crippen molar-refractivity contribution in [2.24, 2.45) is 0 Å². The van der Waals surface area contributed by atoms with Crippen LogP contribution < -0.4 is 4.74 Å². The topological polar surface area (TPSA) is 47.4 Å². The van der Waals surface area contributed by atoms with Crippen molar-refractivity contribution in [3.8, 4) is 5.75 Å². The lowest BCUT2D eigenvalue weighted by Crippen LogP contribution is -2.24. The molecular weight excluding hydrogens is 398 g/mol. The highest BCUT2D eigenvalue weighted by molar-refractivity contribution is 5.81. The molecule has 0 aliphatic carbocycles. The molecule has 3 aromatic carbocycles. The van der Waals surface area contributed by atoms with Crippen molar-refractivity contribution in [2.75, 3.05) is 13.2 Å². The normalized spacial score (nSPS) is 16.1. The summed E-state index contributed by atoms with van der Waals surface area (Å²) in [5, 5.41) is 0. The molecule has 1 fully saturated rings. The van der Waals surface area contributed by atoms with E-state index >= 15 is 0 Å². The number of carbonyl (C=O) groups is 1. The van der Waals surface area contributed by atoms with Crippen molar-refractivity contribution in [3.05, 3.63) is 96.3 Å². The summed E-state index contributed by atoms with van der Waals surface area (Å²) < 4.78 is 8.17. The van der Waals surface area contributed by atoms with Gasteiger partial charge in [-0.1, -0.05) is 60.7 Å². The summed E-state index contributed by atoms with van der Waals surface area (Å²) in [7, 11) is 0. The van der Waals surface area contributed by atoms with Crippen LogP contribution in [-0.2, 0) is 17.9 Å². The quantitative estimate of drug-likeness (QED) is 0.372. The number of hydrogen-bond donors (Lipinski definition) is 0. The lowest BCUT2D eigenvalue weighted by Gasteiger charge is -2.17. The van der Waals surface area contributed by atoms with Crippen LogP contribution in [0.1, 0.15) is 30.1 Å². The standard InChI is InChI=1S/C27H27N3O2/c31-26-18-22(20-29(26)19-21-10-3-1-4-11-21)27-28-24-14-7-8-15-25(24)30(27)16-9-17-32-23-12-5-2-6-13-23/h1-8,10-15,22H,9,16-20H2/t22-/m1/s1. The molecule has 0 radical (unpaired) electrons. The molecule has 1 amide bonds. The highest BCUT2D eigenvalue weighted by atomic mass is 16.5. The van der Waals surface area contributed by atoms with Crippen LogP contribution in [0.3, 0.4) is 0 Å². The summed E-state index contributed by atoms with van der Waals surface area (Å²) in [6, 6.07) is 28.3. The molecule has 162 valence electrons. The highest BCUT2D eigenvalue weighted by Crippen LogP contribution is 2.31. The van der Waals surface area contributed by atoms with Gasteiger partial charge in [-0.15, -0.1) is 0 Å².